The van der Waals surface area contributed by atoms with Crippen molar-refractivity contribution >= 4 is 5.97 Å². The van der Waals surface area contributed by atoms with E-state index in [4.69, 9.17) is 18.9 Å². The summed E-state index contributed by atoms with van der Waals surface area (Å²) in [4.78, 5) is 15.1. The maximum absolute atomic E-state index is 14.0. The van der Waals surface area contributed by atoms with Crippen molar-refractivity contribution in [1.29, 1.82) is 0 Å². The van der Waals surface area contributed by atoms with Gasteiger partial charge in [0, 0.05) is 23.4 Å². The average molecular weight is 398 g/mol. The first kappa shape index (κ1) is 21.5. The first-order chi connectivity index (χ1) is 13.4. The summed E-state index contributed by atoms with van der Waals surface area (Å²) in [6.45, 7) is 1.89. The quantitative estimate of drug-likeness (QED) is 0.629. The van der Waals surface area contributed by atoms with E-state index in [1.165, 1.54) is 21.3 Å². The van der Waals surface area contributed by atoms with Gasteiger partial charge in [0.05, 0.1) is 33.5 Å². The highest BCUT2D eigenvalue weighted by Gasteiger charge is 2.32. The van der Waals surface area contributed by atoms with Crippen molar-refractivity contribution in [2.45, 2.75) is 19.9 Å². The zero-order valence-electron chi connectivity index (χ0n) is 16.4. The van der Waals surface area contributed by atoms with Gasteiger partial charge in [-0.2, -0.15) is 0 Å². The number of nitrogens with one attached hydrogen (secondary N) is 2. The molecule has 0 saturated heterocycles. The molecule has 2 aromatic rings. The lowest BCUT2D eigenvalue weighted by Crippen LogP contribution is -2.09. The van der Waals surface area contributed by atoms with E-state index in [1.54, 1.807) is 26.1 Å². The van der Waals surface area contributed by atoms with E-state index in [0.29, 0.717) is 17.0 Å². The van der Waals surface area contributed by atoms with Gasteiger partial charge in [-0.25, -0.2) is 13.6 Å². The number of esters is 1. The van der Waals surface area contributed by atoms with Crippen molar-refractivity contribution in [3.05, 3.63) is 29.1 Å². The van der Waals surface area contributed by atoms with Crippen molar-refractivity contribution in [2.75, 3.05) is 35.0 Å². The Morgan fingerprint density at radius 2 is 1.82 bits per heavy atom. The first-order valence-electron chi connectivity index (χ1n) is 8.58. The van der Waals surface area contributed by atoms with E-state index in [2.05, 4.69) is 10.3 Å². The van der Waals surface area contributed by atoms with Crippen LogP contribution < -0.4 is 19.5 Å². The molecule has 0 amide bonds. The second-order valence-corrected chi connectivity index (χ2v) is 5.70. The number of aromatic nitrogens is 1. The third-order valence-corrected chi connectivity index (χ3v) is 4.14. The Labute approximate surface area is 161 Å². The van der Waals surface area contributed by atoms with Crippen molar-refractivity contribution < 1.29 is 32.5 Å². The predicted molar refractivity (Wildman–Crippen MR) is 99.6 cm³/mol. The molecule has 0 aliphatic heterocycles. The number of hydrogen-bond acceptors (Lipinski definition) is 6. The number of methoxy groups -OCH3 is 3. The normalized spacial score (nSPS) is 10.9. The third-order valence-electron chi connectivity index (χ3n) is 4.14. The Bertz CT molecular complexity index is 836. The summed E-state index contributed by atoms with van der Waals surface area (Å²) >= 11 is 0. The van der Waals surface area contributed by atoms with Crippen LogP contribution in [0.5, 0.6) is 17.2 Å². The summed E-state index contributed by atoms with van der Waals surface area (Å²) in [6, 6.07) is 3.18. The van der Waals surface area contributed by atoms with Crippen LogP contribution in [0.3, 0.4) is 0 Å². The van der Waals surface area contributed by atoms with Gasteiger partial charge >= 0.3 is 5.97 Å². The van der Waals surface area contributed by atoms with Crippen LogP contribution in [0.15, 0.2) is 12.1 Å². The number of aromatic amines is 1. The third kappa shape index (κ3) is 3.89. The van der Waals surface area contributed by atoms with Crippen LogP contribution in [-0.4, -0.2) is 45.9 Å². The van der Waals surface area contributed by atoms with Crippen LogP contribution in [0.25, 0.3) is 11.1 Å². The second-order valence-electron chi connectivity index (χ2n) is 5.70. The molecule has 7 nitrogen and oxygen atoms in total. The fourth-order valence-corrected chi connectivity index (χ4v) is 3.07. The summed E-state index contributed by atoms with van der Waals surface area (Å²) in [7, 11) is 5.96. The summed E-state index contributed by atoms with van der Waals surface area (Å²) in [5.74, 6) is 0.0198. The molecule has 2 rings (SSSR count). The Morgan fingerprint density at radius 1 is 1.14 bits per heavy atom. The molecule has 2 N–H and O–H groups in total. The minimum atomic E-state index is -2.92. The smallest absolute Gasteiger partial charge is 0.355 e. The Morgan fingerprint density at radius 3 is 2.32 bits per heavy atom. The maximum atomic E-state index is 14.0. The molecule has 154 valence electrons. The van der Waals surface area contributed by atoms with E-state index in [-0.39, 0.29) is 35.9 Å². The number of carbonyl (C=O) groups is 1. The van der Waals surface area contributed by atoms with Gasteiger partial charge in [-0.05, 0) is 26.1 Å². The summed E-state index contributed by atoms with van der Waals surface area (Å²) in [5.41, 5.74) is 0.159. The van der Waals surface area contributed by atoms with Crippen LogP contribution in [-0.2, 0) is 11.3 Å². The number of halogens is 2. The standard InChI is InChI=1S/C19H24F2N2O5/c1-6-28-19(24)15-14(18(20)21)13(11(23-15)9-22-2)10-7-8-12(25-3)17(27-5)16(10)26-4/h7-8,18,22-23H,6,9H2,1-5H3. The molecule has 0 unspecified atom stereocenters. The molecule has 1 aromatic heterocycles. The highest BCUT2D eigenvalue weighted by molar-refractivity contribution is 5.94. The minimum Gasteiger partial charge on any atom is -0.493 e. The number of ether oxygens (including phenoxy) is 4. The van der Waals surface area contributed by atoms with Gasteiger partial charge in [0.25, 0.3) is 6.43 Å². The molecular weight excluding hydrogens is 374 g/mol. The number of alkyl halides is 2. The highest BCUT2D eigenvalue weighted by Crippen LogP contribution is 2.48. The van der Waals surface area contributed by atoms with Gasteiger partial charge in [0.15, 0.2) is 11.5 Å². The van der Waals surface area contributed by atoms with Gasteiger partial charge in [-0.15, -0.1) is 0 Å². The summed E-state index contributed by atoms with van der Waals surface area (Å²) in [5, 5.41) is 2.91. The molecule has 0 radical (unpaired) electrons. The lowest BCUT2D eigenvalue weighted by atomic mass is 9.98. The molecule has 0 spiro atoms. The highest BCUT2D eigenvalue weighted by atomic mass is 19.3. The number of benzene rings is 1. The van der Waals surface area contributed by atoms with Crippen molar-refractivity contribution in [3.63, 3.8) is 0 Å². The molecule has 0 aliphatic rings. The fraction of sp³-hybridized carbons (Fsp3) is 0.421. The average Bonchev–Trinajstić information content (AvgIpc) is 3.06. The van der Waals surface area contributed by atoms with E-state index in [0.717, 1.165) is 0 Å². The SMILES string of the molecule is CCOC(=O)c1[nH]c(CNC)c(-c2ccc(OC)c(OC)c2OC)c1C(F)F. The molecular formula is C19H24F2N2O5. The molecule has 28 heavy (non-hydrogen) atoms. The number of hydrogen-bond donors (Lipinski definition) is 2. The molecule has 0 atom stereocenters. The van der Waals surface area contributed by atoms with Crippen molar-refractivity contribution in [1.82, 2.24) is 10.3 Å². The van der Waals surface area contributed by atoms with Crippen LogP contribution in [0.2, 0.25) is 0 Å². The van der Waals surface area contributed by atoms with E-state index < -0.39 is 18.0 Å². The molecule has 9 heteroatoms. The molecule has 0 bridgehead atoms. The zero-order valence-corrected chi connectivity index (χ0v) is 16.4. The van der Waals surface area contributed by atoms with Gasteiger partial charge in [0.2, 0.25) is 5.75 Å². The van der Waals surface area contributed by atoms with Crippen LogP contribution in [0, 0.1) is 0 Å². The van der Waals surface area contributed by atoms with Crippen LogP contribution in [0.4, 0.5) is 8.78 Å². The zero-order chi connectivity index (χ0) is 20.8. The number of H-pyrrole nitrogens is 1. The second kappa shape index (κ2) is 9.41. The largest absolute Gasteiger partial charge is 0.493 e. The predicted octanol–water partition coefficient (Wildman–Crippen LogP) is 3.54. The molecule has 1 aromatic carbocycles. The topological polar surface area (TPSA) is 81.8 Å². The summed E-state index contributed by atoms with van der Waals surface area (Å²) in [6.07, 6.45) is -2.92. The first-order valence-corrected chi connectivity index (χ1v) is 8.58. The van der Waals surface area contributed by atoms with Crippen LogP contribution in [0.1, 0.15) is 35.1 Å². The van der Waals surface area contributed by atoms with E-state index in [9.17, 15) is 13.6 Å². The lowest BCUT2D eigenvalue weighted by molar-refractivity contribution is 0.0509. The Kier molecular flexibility index (Phi) is 7.22. The maximum Gasteiger partial charge on any atom is 0.355 e. The van der Waals surface area contributed by atoms with E-state index >= 15 is 0 Å². The van der Waals surface area contributed by atoms with Gasteiger partial charge in [0.1, 0.15) is 5.69 Å². The minimum absolute atomic E-state index is 0.0664. The Hall–Kier alpha value is -2.81. The van der Waals surface area contributed by atoms with Gasteiger partial charge < -0.3 is 29.2 Å². The molecule has 0 fully saturated rings. The summed E-state index contributed by atoms with van der Waals surface area (Å²) < 4.78 is 49.1. The van der Waals surface area contributed by atoms with E-state index in [1.807, 2.05) is 0 Å². The molecule has 0 aliphatic carbocycles. The molecule has 1 heterocycles. The van der Waals surface area contributed by atoms with Gasteiger partial charge in [-0.3, -0.25) is 0 Å². The van der Waals surface area contributed by atoms with Crippen molar-refractivity contribution in [2.24, 2.45) is 0 Å². The van der Waals surface area contributed by atoms with Crippen LogP contribution >= 0.6 is 0 Å². The van der Waals surface area contributed by atoms with Crippen molar-refractivity contribution in [3.8, 4) is 28.4 Å². The molecule has 0 saturated carbocycles. The Balaban J connectivity index is 2.85. The number of rotatable bonds is 9. The van der Waals surface area contributed by atoms with Gasteiger partial charge in [-0.1, -0.05) is 0 Å². The monoisotopic (exact) mass is 398 g/mol. The number of carbonyl (C=O) groups excluding carboxylic acids is 1. The fourth-order valence-electron chi connectivity index (χ4n) is 3.07. The lowest BCUT2D eigenvalue weighted by Gasteiger charge is -2.17.